The Labute approximate surface area is 77.7 Å². The molecule has 6 heteroatoms. The van der Waals surface area contributed by atoms with Crippen LogP contribution in [-0.4, -0.2) is 46.9 Å². The van der Waals surface area contributed by atoms with Gasteiger partial charge in [0.05, 0.1) is 31.8 Å². The minimum absolute atomic E-state index is 0. The van der Waals surface area contributed by atoms with E-state index in [1.807, 2.05) is 0 Å². The van der Waals surface area contributed by atoms with Gasteiger partial charge in [0.15, 0.2) is 0 Å². The van der Waals surface area contributed by atoms with Crippen molar-refractivity contribution in [2.45, 2.75) is 0 Å². The molecule has 0 aliphatic carbocycles. The minimum atomic E-state index is -1.11. The highest BCUT2D eigenvalue weighted by Crippen LogP contribution is 2.11. The maximum atomic E-state index is 8.50. The molecular weight excluding hydrogens is 195 g/mol. The van der Waals surface area contributed by atoms with E-state index in [-0.39, 0.29) is 24.8 Å². The summed E-state index contributed by atoms with van der Waals surface area (Å²) in [6, 6.07) is 0. The third-order valence-electron chi connectivity index (χ3n) is 1.34. The predicted octanol–water partition coefficient (Wildman–Crippen LogP) is -1.21. The van der Waals surface area contributed by atoms with Crippen LogP contribution < -0.4 is 0 Å². The molecule has 72 valence electrons. The van der Waals surface area contributed by atoms with E-state index < -0.39 is 31.8 Å². The summed E-state index contributed by atoms with van der Waals surface area (Å²) in [6.45, 7) is -1.62. The third kappa shape index (κ3) is 4.79. The molecule has 0 unspecified atom stereocenters. The first-order valence-electron chi connectivity index (χ1n) is 2.68. The van der Waals surface area contributed by atoms with Crippen molar-refractivity contribution < 1.29 is 20.4 Å². The Bertz CT molecular complexity index is 59.4. The van der Waals surface area contributed by atoms with Gasteiger partial charge in [-0.1, -0.05) is 0 Å². The van der Waals surface area contributed by atoms with Gasteiger partial charge in [-0.3, -0.25) is 0 Å². The molecule has 0 spiro atoms. The maximum absolute atomic E-state index is 8.50. The van der Waals surface area contributed by atoms with E-state index >= 15 is 0 Å². The van der Waals surface area contributed by atoms with E-state index in [0.717, 1.165) is 0 Å². The number of rotatable bonds is 4. The van der Waals surface area contributed by atoms with Crippen LogP contribution in [0.3, 0.4) is 0 Å². The summed E-state index contributed by atoms with van der Waals surface area (Å²) in [5, 5.41) is 34.0. The highest BCUT2D eigenvalue weighted by molar-refractivity contribution is 5.85. The van der Waals surface area contributed by atoms with Crippen LogP contribution in [0.1, 0.15) is 0 Å². The van der Waals surface area contributed by atoms with Crippen molar-refractivity contribution in [3.8, 4) is 0 Å². The van der Waals surface area contributed by atoms with Crippen molar-refractivity contribution in [1.29, 1.82) is 0 Å². The van der Waals surface area contributed by atoms with Crippen LogP contribution in [0, 0.1) is 5.41 Å². The van der Waals surface area contributed by atoms with Gasteiger partial charge in [0.2, 0.25) is 0 Å². The SMILES string of the molecule is Cl.Cl.OCC(CO)(CO)CO. The number of hydrogen-bond acceptors (Lipinski definition) is 4. The lowest BCUT2D eigenvalue weighted by atomic mass is 9.93. The summed E-state index contributed by atoms with van der Waals surface area (Å²) in [6.07, 6.45) is 0. The fourth-order valence-corrected chi connectivity index (χ4v) is 0.300. The molecule has 0 saturated carbocycles. The second-order valence-corrected chi connectivity index (χ2v) is 2.13. The Kier molecular flexibility index (Phi) is 13.5. The first-order chi connectivity index (χ1) is 4.24. The molecule has 0 aromatic heterocycles. The molecule has 0 atom stereocenters. The van der Waals surface area contributed by atoms with Crippen molar-refractivity contribution in [1.82, 2.24) is 0 Å². The first-order valence-corrected chi connectivity index (χ1v) is 2.68. The summed E-state index contributed by atoms with van der Waals surface area (Å²) in [4.78, 5) is 0. The zero-order valence-electron chi connectivity index (χ0n) is 5.93. The van der Waals surface area contributed by atoms with Crippen LogP contribution in [0.4, 0.5) is 0 Å². The van der Waals surface area contributed by atoms with Crippen LogP contribution in [0.5, 0.6) is 0 Å². The van der Waals surface area contributed by atoms with Crippen LogP contribution in [0.25, 0.3) is 0 Å². The maximum Gasteiger partial charge on any atom is 0.0627 e. The zero-order chi connectivity index (χ0) is 7.33. The Morgan fingerprint density at radius 1 is 0.636 bits per heavy atom. The van der Waals surface area contributed by atoms with E-state index in [4.69, 9.17) is 20.4 Å². The summed E-state index contributed by atoms with van der Waals surface area (Å²) < 4.78 is 0. The highest BCUT2D eigenvalue weighted by atomic mass is 35.5. The molecular formula is C5H14Cl2O4. The normalized spacial score (nSPS) is 9.82. The van der Waals surface area contributed by atoms with Crippen molar-refractivity contribution in [2.75, 3.05) is 26.4 Å². The second kappa shape index (κ2) is 8.52. The lowest BCUT2D eigenvalue weighted by Crippen LogP contribution is -2.37. The van der Waals surface area contributed by atoms with Gasteiger partial charge in [0.25, 0.3) is 0 Å². The molecule has 11 heavy (non-hydrogen) atoms. The molecule has 0 amide bonds. The lowest BCUT2D eigenvalue weighted by Gasteiger charge is -2.23. The lowest BCUT2D eigenvalue weighted by molar-refractivity contribution is -0.0328. The molecule has 0 fully saturated rings. The van der Waals surface area contributed by atoms with E-state index in [1.54, 1.807) is 0 Å². The predicted molar refractivity (Wildman–Crippen MR) is 45.3 cm³/mol. The zero-order valence-corrected chi connectivity index (χ0v) is 7.57. The first kappa shape index (κ1) is 17.5. The smallest absolute Gasteiger partial charge is 0.0627 e. The Balaban J connectivity index is -0.000000320. The fourth-order valence-electron chi connectivity index (χ4n) is 0.300. The van der Waals surface area contributed by atoms with Gasteiger partial charge in [0, 0.05) is 0 Å². The van der Waals surface area contributed by atoms with Gasteiger partial charge in [-0.2, -0.15) is 0 Å². The molecule has 4 N–H and O–H groups in total. The highest BCUT2D eigenvalue weighted by Gasteiger charge is 2.26. The summed E-state index contributed by atoms with van der Waals surface area (Å²) in [5.41, 5.74) is -1.11. The molecule has 0 aromatic carbocycles. The molecule has 0 rings (SSSR count). The van der Waals surface area contributed by atoms with E-state index in [0.29, 0.717) is 0 Å². The molecule has 0 aliphatic heterocycles. The van der Waals surface area contributed by atoms with Gasteiger partial charge in [-0.25, -0.2) is 0 Å². The van der Waals surface area contributed by atoms with E-state index in [1.165, 1.54) is 0 Å². The molecule has 0 bridgehead atoms. The topological polar surface area (TPSA) is 80.9 Å². The average molecular weight is 209 g/mol. The van der Waals surface area contributed by atoms with Gasteiger partial charge >= 0.3 is 0 Å². The molecule has 0 saturated heterocycles. The van der Waals surface area contributed by atoms with Crippen molar-refractivity contribution in [2.24, 2.45) is 5.41 Å². The Morgan fingerprint density at radius 3 is 0.818 bits per heavy atom. The largest absolute Gasteiger partial charge is 0.396 e. The average Bonchev–Trinajstić information content (AvgIpc) is 1.95. The second-order valence-electron chi connectivity index (χ2n) is 2.13. The molecule has 0 aromatic rings. The van der Waals surface area contributed by atoms with Crippen molar-refractivity contribution in [3.63, 3.8) is 0 Å². The minimum Gasteiger partial charge on any atom is -0.396 e. The van der Waals surface area contributed by atoms with Crippen LogP contribution >= 0.6 is 24.8 Å². The van der Waals surface area contributed by atoms with Crippen molar-refractivity contribution in [3.05, 3.63) is 0 Å². The third-order valence-corrected chi connectivity index (χ3v) is 1.34. The van der Waals surface area contributed by atoms with E-state index in [2.05, 4.69) is 0 Å². The number of hydrogen-bond donors (Lipinski definition) is 4. The Morgan fingerprint density at radius 2 is 0.818 bits per heavy atom. The van der Waals surface area contributed by atoms with E-state index in [9.17, 15) is 0 Å². The molecule has 4 nitrogen and oxygen atoms in total. The fraction of sp³-hybridized carbons (Fsp3) is 1.00. The van der Waals surface area contributed by atoms with Crippen LogP contribution in [0.2, 0.25) is 0 Å². The summed E-state index contributed by atoms with van der Waals surface area (Å²) >= 11 is 0. The molecule has 0 heterocycles. The standard InChI is InChI=1S/C5H12O4.2ClH/c6-1-5(2-7,3-8)4-9;;/h6-9H,1-4H2;2*1H. The summed E-state index contributed by atoms with van der Waals surface area (Å²) in [5.74, 6) is 0. The number of aliphatic hydroxyl groups excluding tert-OH is 4. The van der Waals surface area contributed by atoms with Gasteiger partial charge in [-0.15, -0.1) is 24.8 Å². The van der Waals surface area contributed by atoms with Gasteiger partial charge in [0.1, 0.15) is 0 Å². The quantitative estimate of drug-likeness (QED) is 0.468. The molecule has 0 radical (unpaired) electrons. The van der Waals surface area contributed by atoms with Crippen LogP contribution in [-0.2, 0) is 0 Å². The van der Waals surface area contributed by atoms with Gasteiger partial charge in [-0.05, 0) is 0 Å². The molecule has 0 aliphatic rings. The summed E-state index contributed by atoms with van der Waals surface area (Å²) in [7, 11) is 0. The monoisotopic (exact) mass is 208 g/mol. The number of aliphatic hydroxyl groups is 4. The number of halogens is 2. The Hall–Kier alpha value is 0.420. The van der Waals surface area contributed by atoms with Gasteiger partial charge < -0.3 is 20.4 Å². The van der Waals surface area contributed by atoms with Crippen molar-refractivity contribution >= 4 is 24.8 Å². The van der Waals surface area contributed by atoms with Crippen LogP contribution in [0.15, 0.2) is 0 Å².